The van der Waals surface area contributed by atoms with E-state index in [1.54, 1.807) is 16.7 Å². The lowest BCUT2D eigenvalue weighted by Gasteiger charge is -2.25. The molecule has 1 aliphatic heterocycles. The summed E-state index contributed by atoms with van der Waals surface area (Å²) < 4.78 is 1.72. The molecule has 0 saturated carbocycles. The second kappa shape index (κ2) is 6.76. The number of rotatable bonds is 3. The second-order valence-corrected chi connectivity index (χ2v) is 8.48. The van der Waals surface area contributed by atoms with Crippen LogP contribution in [0, 0.1) is 0 Å². The summed E-state index contributed by atoms with van der Waals surface area (Å²) in [7, 11) is 0. The summed E-state index contributed by atoms with van der Waals surface area (Å²) >= 11 is 13.6. The van der Waals surface area contributed by atoms with Crippen molar-refractivity contribution in [3.63, 3.8) is 0 Å². The van der Waals surface area contributed by atoms with Crippen molar-refractivity contribution in [2.75, 3.05) is 4.90 Å². The van der Waals surface area contributed by atoms with Crippen LogP contribution in [0.1, 0.15) is 19.4 Å². The number of carbonyl (C=O) groups is 1. The summed E-state index contributed by atoms with van der Waals surface area (Å²) in [5.74, 6) is 0.0531. The third kappa shape index (κ3) is 2.96. The summed E-state index contributed by atoms with van der Waals surface area (Å²) in [5, 5.41) is 9.45. The molecule has 2 atom stereocenters. The van der Waals surface area contributed by atoms with Gasteiger partial charge in [0.05, 0.1) is 15.3 Å². The highest BCUT2D eigenvalue weighted by molar-refractivity contribution is 8.00. The minimum atomic E-state index is -0.325. The first-order valence-corrected chi connectivity index (χ1v) is 9.86. The molecule has 26 heavy (non-hydrogen) atoms. The van der Waals surface area contributed by atoms with Crippen LogP contribution in [0.4, 0.5) is 5.69 Å². The molecular weight excluding hydrogens is 391 g/mol. The number of halogens is 2. The van der Waals surface area contributed by atoms with Gasteiger partial charge in [-0.15, -0.1) is 10.2 Å². The number of hydrogen-bond acceptors (Lipinski definition) is 4. The lowest BCUT2D eigenvalue weighted by molar-refractivity contribution is -0.118. The Bertz CT molecular complexity index is 1010. The zero-order chi connectivity index (χ0) is 18.4. The fraction of sp³-hybridized carbons (Fsp3) is 0.278. The minimum absolute atomic E-state index is 0.0531. The first-order valence-electron chi connectivity index (χ1n) is 8.23. The van der Waals surface area contributed by atoms with Crippen LogP contribution < -0.4 is 4.90 Å². The molecular formula is C18H16Cl2N4OS. The van der Waals surface area contributed by atoms with Gasteiger partial charge in [0.15, 0.2) is 10.8 Å². The maximum atomic E-state index is 13.1. The minimum Gasteiger partial charge on any atom is -0.308 e. The Morgan fingerprint density at radius 1 is 1.31 bits per heavy atom. The average molecular weight is 407 g/mol. The molecule has 0 fully saturated rings. The number of nitrogens with zero attached hydrogens (tertiary/aromatic N) is 4. The molecule has 0 bridgehead atoms. The van der Waals surface area contributed by atoms with E-state index in [4.69, 9.17) is 23.2 Å². The van der Waals surface area contributed by atoms with Crippen LogP contribution in [-0.2, 0) is 11.2 Å². The van der Waals surface area contributed by atoms with Gasteiger partial charge < -0.3 is 4.90 Å². The molecule has 0 spiro atoms. The quantitative estimate of drug-likeness (QED) is 0.601. The molecule has 0 N–H and O–H groups in total. The number of carbonyl (C=O) groups excluding carboxylic acids is 1. The molecule has 0 saturated heterocycles. The summed E-state index contributed by atoms with van der Waals surface area (Å²) in [6.07, 6.45) is 2.58. The van der Waals surface area contributed by atoms with Crippen molar-refractivity contribution < 1.29 is 4.79 Å². The first-order chi connectivity index (χ1) is 12.5. The predicted molar refractivity (Wildman–Crippen MR) is 105 cm³/mol. The van der Waals surface area contributed by atoms with Crippen molar-refractivity contribution >= 4 is 52.2 Å². The smallest absolute Gasteiger partial charge is 0.240 e. The van der Waals surface area contributed by atoms with E-state index in [-0.39, 0.29) is 17.2 Å². The first kappa shape index (κ1) is 17.6. The SMILES string of the molecule is C[C@@H](Sc1nnc2c(Cl)cc(Cl)cn12)C(=O)N1c2ccccc2C[C@@H]1C. The lowest BCUT2D eigenvalue weighted by Crippen LogP contribution is -2.40. The number of benzene rings is 1. The second-order valence-electron chi connectivity index (χ2n) is 6.33. The molecule has 1 aromatic carbocycles. The molecule has 3 aromatic rings. The maximum absolute atomic E-state index is 13.1. The van der Waals surface area contributed by atoms with E-state index >= 15 is 0 Å². The van der Waals surface area contributed by atoms with Gasteiger partial charge in [0, 0.05) is 17.9 Å². The zero-order valence-corrected chi connectivity index (χ0v) is 16.5. The number of fused-ring (bicyclic) bond motifs is 2. The van der Waals surface area contributed by atoms with Crippen molar-refractivity contribution in [2.45, 2.75) is 36.7 Å². The Balaban J connectivity index is 1.61. The number of pyridine rings is 1. The molecule has 3 heterocycles. The van der Waals surface area contributed by atoms with Gasteiger partial charge in [-0.1, -0.05) is 53.2 Å². The Labute approximate surface area is 165 Å². The lowest BCUT2D eigenvalue weighted by atomic mass is 10.1. The molecule has 2 aromatic heterocycles. The fourth-order valence-corrected chi connectivity index (χ4v) is 4.67. The number of thioether (sulfide) groups is 1. The van der Waals surface area contributed by atoms with Crippen molar-refractivity contribution in [3.05, 3.63) is 52.1 Å². The Kier molecular flexibility index (Phi) is 4.59. The Morgan fingerprint density at radius 2 is 2.08 bits per heavy atom. The van der Waals surface area contributed by atoms with Crippen molar-refractivity contribution in [1.82, 2.24) is 14.6 Å². The molecule has 5 nitrogen and oxygen atoms in total. The van der Waals surface area contributed by atoms with Crippen LogP contribution >= 0.6 is 35.0 Å². The van der Waals surface area contributed by atoms with E-state index in [0.717, 1.165) is 12.1 Å². The Morgan fingerprint density at radius 3 is 2.88 bits per heavy atom. The average Bonchev–Trinajstić information content (AvgIpc) is 3.14. The summed E-state index contributed by atoms with van der Waals surface area (Å²) in [4.78, 5) is 15.0. The van der Waals surface area contributed by atoms with Gasteiger partial charge in [-0.25, -0.2) is 0 Å². The van der Waals surface area contributed by atoms with E-state index < -0.39 is 0 Å². The van der Waals surface area contributed by atoms with Crippen LogP contribution in [0.5, 0.6) is 0 Å². The van der Waals surface area contributed by atoms with E-state index in [2.05, 4.69) is 23.2 Å². The molecule has 4 rings (SSSR count). The molecule has 0 radical (unpaired) electrons. The molecule has 0 aliphatic carbocycles. The van der Waals surface area contributed by atoms with Crippen LogP contribution in [0.15, 0.2) is 41.7 Å². The highest BCUT2D eigenvalue weighted by Gasteiger charge is 2.33. The molecule has 134 valence electrons. The summed E-state index contributed by atoms with van der Waals surface area (Å²) in [6, 6.07) is 9.81. The number of anilines is 1. The van der Waals surface area contributed by atoms with E-state index in [1.165, 1.54) is 17.3 Å². The Hall–Kier alpha value is -1.76. The number of hydrogen-bond donors (Lipinski definition) is 0. The van der Waals surface area contributed by atoms with Crippen molar-refractivity contribution in [3.8, 4) is 0 Å². The predicted octanol–water partition coefficient (Wildman–Crippen LogP) is 4.49. The van der Waals surface area contributed by atoms with Gasteiger partial charge >= 0.3 is 0 Å². The van der Waals surface area contributed by atoms with Gasteiger partial charge in [-0.2, -0.15) is 0 Å². The van der Waals surface area contributed by atoms with Crippen molar-refractivity contribution in [2.24, 2.45) is 0 Å². The third-order valence-corrected chi connectivity index (χ3v) is 6.00. The van der Waals surface area contributed by atoms with Crippen LogP contribution in [-0.4, -0.2) is 31.8 Å². The third-order valence-electron chi connectivity index (χ3n) is 4.47. The van der Waals surface area contributed by atoms with E-state index in [9.17, 15) is 4.79 Å². The van der Waals surface area contributed by atoms with E-state index in [0.29, 0.717) is 20.8 Å². The van der Waals surface area contributed by atoms with Crippen LogP contribution in [0.2, 0.25) is 10.0 Å². The molecule has 1 amide bonds. The van der Waals surface area contributed by atoms with Crippen LogP contribution in [0.3, 0.4) is 0 Å². The molecule has 0 unspecified atom stereocenters. The van der Waals surface area contributed by atoms with Gasteiger partial charge in [0.1, 0.15) is 0 Å². The largest absolute Gasteiger partial charge is 0.308 e. The highest BCUT2D eigenvalue weighted by Crippen LogP contribution is 2.35. The van der Waals surface area contributed by atoms with E-state index in [1.807, 2.05) is 30.0 Å². The molecule has 1 aliphatic rings. The number of amides is 1. The van der Waals surface area contributed by atoms with Crippen molar-refractivity contribution in [1.29, 1.82) is 0 Å². The standard InChI is InChI=1S/C18H16Cl2N4OS/c1-10-7-12-5-3-4-6-15(12)24(10)17(25)11(2)26-18-22-21-16-14(20)8-13(19)9-23(16)18/h3-6,8-11H,7H2,1-2H3/t10-,11+/m0/s1. The summed E-state index contributed by atoms with van der Waals surface area (Å²) in [5.41, 5.74) is 2.73. The van der Waals surface area contributed by atoms with Crippen LogP contribution in [0.25, 0.3) is 5.65 Å². The zero-order valence-electron chi connectivity index (χ0n) is 14.2. The van der Waals surface area contributed by atoms with Gasteiger partial charge in [-0.3, -0.25) is 9.20 Å². The normalized spacial score (nSPS) is 17.5. The fourth-order valence-electron chi connectivity index (χ4n) is 3.29. The molecule has 8 heteroatoms. The maximum Gasteiger partial charge on any atom is 0.240 e. The van der Waals surface area contributed by atoms with Gasteiger partial charge in [0.2, 0.25) is 5.91 Å². The van der Waals surface area contributed by atoms with Gasteiger partial charge in [0.25, 0.3) is 0 Å². The topological polar surface area (TPSA) is 50.5 Å². The number of para-hydroxylation sites is 1. The van der Waals surface area contributed by atoms with Gasteiger partial charge in [-0.05, 0) is 38.0 Å². The highest BCUT2D eigenvalue weighted by atomic mass is 35.5. The summed E-state index contributed by atoms with van der Waals surface area (Å²) in [6.45, 7) is 3.95. The monoisotopic (exact) mass is 406 g/mol. The number of aromatic nitrogens is 3.